The molecule has 0 atom stereocenters. The first kappa shape index (κ1) is 18.1. The fraction of sp³-hybridized carbons (Fsp3) is 0.333. The number of aromatic nitrogens is 2. The van der Waals surface area contributed by atoms with Crippen LogP contribution >= 0.6 is 11.6 Å². The summed E-state index contributed by atoms with van der Waals surface area (Å²) in [6.45, 7) is 1.84. The number of hydrogen-bond acceptors (Lipinski definition) is 6. The summed E-state index contributed by atoms with van der Waals surface area (Å²) in [7, 11) is 1.29. The molecule has 3 rings (SSSR count). The predicted octanol–water partition coefficient (Wildman–Crippen LogP) is 3.16. The molecule has 0 spiro atoms. The minimum Gasteiger partial charge on any atom is -0.465 e. The highest BCUT2D eigenvalue weighted by molar-refractivity contribution is 6.34. The van der Waals surface area contributed by atoms with Gasteiger partial charge in [-0.2, -0.15) is 0 Å². The number of halogens is 1. The van der Waals surface area contributed by atoms with Gasteiger partial charge in [0, 0.05) is 19.2 Å². The molecule has 0 aliphatic carbocycles. The van der Waals surface area contributed by atoms with Crippen LogP contribution in [0.2, 0.25) is 5.02 Å². The largest absolute Gasteiger partial charge is 0.465 e. The van der Waals surface area contributed by atoms with Crippen molar-refractivity contribution in [1.29, 1.82) is 0 Å². The molecule has 2 heterocycles. The van der Waals surface area contributed by atoms with Crippen molar-refractivity contribution in [1.82, 2.24) is 9.97 Å². The topological polar surface area (TPSA) is 84.4 Å². The molecule has 1 saturated heterocycles. The third-order valence-electron chi connectivity index (χ3n) is 4.20. The Kier molecular flexibility index (Phi) is 5.68. The first-order valence-corrected chi connectivity index (χ1v) is 8.72. The van der Waals surface area contributed by atoms with E-state index in [4.69, 9.17) is 11.6 Å². The van der Waals surface area contributed by atoms with Crippen LogP contribution in [0.4, 0.5) is 11.5 Å². The molecule has 7 nitrogen and oxygen atoms in total. The van der Waals surface area contributed by atoms with Crippen molar-refractivity contribution in [2.75, 3.05) is 30.4 Å². The van der Waals surface area contributed by atoms with Crippen LogP contribution in [-0.4, -0.2) is 42.0 Å². The van der Waals surface area contributed by atoms with E-state index >= 15 is 0 Å². The smallest absolute Gasteiger partial charge is 0.337 e. The molecule has 0 saturated carbocycles. The Bertz CT molecular complexity index is 822. The Hall–Kier alpha value is -2.67. The number of amides is 1. The molecule has 8 heteroatoms. The summed E-state index contributed by atoms with van der Waals surface area (Å²) in [6, 6.07) is 6.20. The number of esters is 1. The van der Waals surface area contributed by atoms with Gasteiger partial charge in [0.05, 0.1) is 23.4 Å². The lowest BCUT2D eigenvalue weighted by atomic mass is 10.1. The van der Waals surface area contributed by atoms with Crippen LogP contribution in [-0.2, 0) is 4.74 Å². The number of carbonyl (C=O) groups is 2. The van der Waals surface area contributed by atoms with Crippen LogP contribution in [0, 0.1) is 0 Å². The Morgan fingerprint density at radius 2 is 1.92 bits per heavy atom. The Morgan fingerprint density at radius 3 is 2.65 bits per heavy atom. The normalized spacial score (nSPS) is 14.0. The molecule has 1 aromatic carbocycles. The molecule has 0 radical (unpaired) electrons. The van der Waals surface area contributed by atoms with Crippen molar-refractivity contribution >= 4 is 35.0 Å². The van der Waals surface area contributed by atoms with Crippen molar-refractivity contribution in [3.63, 3.8) is 0 Å². The van der Waals surface area contributed by atoms with E-state index in [1.165, 1.54) is 38.1 Å². The summed E-state index contributed by atoms with van der Waals surface area (Å²) < 4.78 is 4.68. The second kappa shape index (κ2) is 8.14. The van der Waals surface area contributed by atoms with Crippen molar-refractivity contribution in [2.45, 2.75) is 19.3 Å². The van der Waals surface area contributed by atoms with Gasteiger partial charge < -0.3 is 15.0 Å². The van der Waals surface area contributed by atoms with Gasteiger partial charge >= 0.3 is 5.97 Å². The Morgan fingerprint density at radius 1 is 1.15 bits per heavy atom. The van der Waals surface area contributed by atoms with Crippen molar-refractivity contribution in [3.8, 4) is 0 Å². The number of piperidine rings is 1. The monoisotopic (exact) mass is 374 g/mol. The minimum atomic E-state index is -0.508. The third kappa shape index (κ3) is 4.11. The van der Waals surface area contributed by atoms with Crippen LogP contribution in [0.15, 0.2) is 30.6 Å². The number of benzene rings is 1. The molecule has 1 aliphatic rings. The van der Waals surface area contributed by atoms with E-state index < -0.39 is 11.9 Å². The maximum Gasteiger partial charge on any atom is 0.337 e. The lowest BCUT2D eigenvalue weighted by Gasteiger charge is -2.27. The van der Waals surface area contributed by atoms with E-state index in [0.29, 0.717) is 16.3 Å². The lowest BCUT2D eigenvalue weighted by Crippen LogP contribution is -2.30. The van der Waals surface area contributed by atoms with Gasteiger partial charge in [-0.05, 0) is 37.5 Å². The second-order valence-electron chi connectivity index (χ2n) is 5.95. The summed E-state index contributed by atoms with van der Waals surface area (Å²) in [5.74, 6) is -0.194. The molecular formula is C18H19ClN4O3. The maximum absolute atomic E-state index is 12.6. The number of methoxy groups -OCH3 is 1. The zero-order valence-corrected chi connectivity index (χ0v) is 15.1. The molecule has 26 heavy (non-hydrogen) atoms. The lowest BCUT2D eigenvalue weighted by molar-refractivity contribution is 0.0600. The van der Waals surface area contributed by atoms with Crippen molar-refractivity contribution in [2.24, 2.45) is 0 Å². The average molecular weight is 375 g/mol. The standard InChI is InChI=1S/C18H19ClN4O3/c1-26-18(25)12-5-6-13(19)14(9-12)22-17(24)15-10-16(21-11-20-15)23-7-3-2-4-8-23/h5-6,9-11H,2-4,7-8H2,1H3,(H,22,24). The quantitative estimate of drug-likeness (QED) is 0.827. The molecule has 1 aliphatic heterocycles. The predicted molar refractivity (Wildman–Crippen MR) is 98.8 cm³/mol. The van der Waals surface area contributed by atoms with Crippen LogP contribution in [0.25, 0.3) is 0 Å². The number of nitrogens with zero attached hydrogens (tertiary/aromatic N) is 3. The SMILES string of the molecule is COC(=O)c1ccc(Cl)c(NC(=O)c2cc(N3CCCCC3)ncn2)c1. The molecule has 0 bridgehead atoms. The second-order valence-corrected chi connectivity index (χ2v) is 6.36. The zero-order valence-electron chi connectivity index (χ0n) is 14.4. The van der Waals surface area contributed by atoms with E-state index in [-0.39, 0.29) is 5.69 Å². The molecule has 1 aromatic heterocycles. The van der Waals surface area contributed by atoms with Crippen LogP contribution < -0.4 is 10.2 Å². The van der Waals surface area contributed by atoms with E-state index in [1.54, 1.807) is 6.07 Å². The molecule has 0 unspecified atom stereocenters. The Labute approximate surface area is 156 Å². The van der Waals surface area contributed by atoms with Gasteiger partial charge in [-0.3, -0.25) is 4.79 Å². The van der Waals surface area contributed by atoms with Gasteiger partial charge in [0.25, 0.3) is 5.91 Å². The fourth-order valence-electron chi connectivity index (χ4n) is 2.82. The number of rotatable bonds is 4. The highest BCUT2D eigenvalue weighted by Gasteiger charge is 2.17. The van der Waals surface area contributed by atoms with Gasteiger partial charge in [0.15, 0.2) is 0 Å². The molecule has 1 amide bonds. The third-order valence-corrected chi connectivity index (χ3v) is 4.53. The van der Waals surface area contributed by atoms with Gasteiger partial charge in [-0.15, -0.1) is 0 Å². The van der Waals surface area contributed by atoms with Crippen molar-refractivity contribution < 1.29 is 14.3 Å². The average Bonchev–Trinajstić information content (AvgIpc) is 2.69. The highest BCUT2D eigenvalue weighted by atomic mass is 35.5. The maximum atomic E-state index is 12.6. The van der Waals surface area contributed by atoms with Gasteiger partial charge in [0.2, 0.25) is 0 Å². The number of carbonyl (C=O) groups excluding carboxylic acids is 2. The summed E-state index contributed by atoms with van der Waals surface area (Å²) in [5.41, 5.74) is 0.849. The number of ether oxygens (including phenoxy) is 1. The first-order chi connectivity index (χ1) is 12.6. The van der Waals surface area contributed by atoms with E-state index in [9.17, 15) is 9.59 Å². The van der Waals surface area contributed by atoms with Crippen LogP contribution in [0.1, 0.15) is 40.1 Å². The molecule has 1 N–H and O–H groups in total. The first-order valence-electron chi connectivity index (χ1n) is 8.34. The number of anilines is 2. The fourth-order valence-corrected chi connectivity index (χ4v) is 2.98. The highest BCUT2D eigenvalue weighted by Crippen LogP contribution is 2.24. The number of nitrogens with one attached hydrogen (secondary N) is 1. The molecule has 136 valence electrons. The van der Waals surface area contributed by atoms with Crippen molar-refractivity contribution in [3.05, 3.63) is 46.9 Å². The minimum absolute atomic E-state index is 0.236. The van der Waals surface area contributed by atoms with E-state index in [1.807, 2.05) is 0 Å². The van der Waals surface area contributed by atoms with Gasteiger partial charge in [-0.1, -0.05) is 11.6 Å². The molecule has 1 fully saturated rings. The van der Waals surface area contributed by atoms with E-state index in [0.717, 1.165) is 31.7 Å². The van der Waals surface area contributed by atoms with Gasteiger partial charge in [0.1, 0.15) is 17.8 Å². The summed E-state index contributed by atoms with van der Waals surface area (Å²) in [4.78, 5) is 34.7. The summed E-state index contributed by atoms with van der Waals surface area (Å²) >= 11 is 6.12. The van der Waals surface area contributed by atoms with Crippen LogP contribution in [0.5, 0.6) is 0 Å². The zero-order chi connectivity index (χ0) is 18.5. The molecule has 2 aromatic rings. The van der Waals surface area contributed by atoms with Crippen LogP contribution in [0.3, 0.4) is 0 Å². The summed E-state index contributed by atoms with van der Waals surface area (Å²) in [5, 5.41) is 3.00. The van der Waals surface area contributed by atoms with Gasteiger partial charge in [-0.25, -0.2) is 14.8 Å². The Balaban J connectivity index is 1.79. The number of hydrogen-bond donors (Lipinski definition) is 1. The summed E-state index contributed by atoms with van der Waals surface area (Å²) in [6.07, 6.45) is 4.82. The van der Waals surface area contributed by atoms with E-state index in [2.05, 4.69) is 24.9 Å². The molecular weight excluding hydrogens is 356 g/mol.